The number of methoxy groups -OCH3 is 1. The van der Waals surface area contributed by atoms with Crippen LogP contribution in [0, 0.1) is 27.7 Å². The fourth-order valence-electron chi connectivity index (χ4n) is 3.59. The number of aliphatic imine (C=N–C) groups is 1. The van der Waals surface area contributed by atoms with Gasteiger partial charge >= 0.3 is 0 Å². The van der Waals surface area contributed by atoms with Crippen LogP contribution in [0.3, 0.4) is 0 Å². The Morgan fingerprint density at radius 2 is 1.74 bits per heavy atom. The Kier molecular flexibility index (Phi) is 5.74. The number of carbonyl (C=O) groups is 1. The summed E-state index contributed by atoms with van der Waals surface area (Å²) in [5, 5.41) is 3.43. The van der Waals surface area contributed by atoms with Gasteiger partial charge in [0.25, 0.3) is 5.91 Å². The first-order valence-corrected chi connectivity index (χ1v) is 10.9. The Hall–Kier alpha value is -3.25. The van der Waals surface area contributed by atoms with E-state index >= 15 is 0 Å². The van der Waals surface area contributed by atoms with Crippen LogP contribution in [0.4, 0.5) is 5.69 Å². The summed E-state index contributed by atoms with van der Waals surface area (Å²) < 4.78 is 7.40. The zero-order chi connectivity index (χ0) is 22.1. The van der Waals surface area contributed by atoms with Crippen molar-refractivity contribution in [3.63, 3.8) is 0 Å². The highest BCUT2D eigenvalue weighted by molar-refractivity contribution is 8.18. The fraction of sp³-hybridized carbons (Fsp3) is 0.200. The molecule has 1 N–H and O–H groups in total. The van der Waals surface area contributed by atoms with E-state index in [0.717, 1.165) is 34.1 Å². The van der Waals surface area contributed by atoms with E-state index in [1.165, 1.54) is 22.9 Å². The highest BCUT2D eigenvalue weighted by Crippen LogP contribution is 2.31. The van der Waals surface area contributed by atoms with Gasteiger partial charge in [0.05, 0.1) is 17.7 Å². The number of carbonyl (C=O) groups excluding carboxylic acids is 1. The first-order valence-electron chi connectivity index (χ1n) is 10.1. The van der Waals surface area contributed by atoms with Gasteiger partial charge < -0.3 is 14.6 Å². The quantitative estimate of drug-likeness (QED) is 0.546. The molecule has 5 nitrogen and oxygen atoms in total. The van der Waals surface area contributed by atoms with Gasteiger partial charge in [-0.1, -0.05) is 6.07 Å². The van der Waals surface area contributed by atoms with E-state index in [-0.39, 0.29) is 5.91 Å². The van der Waals surface area contributed by atoms with E-state index in [9.17, 15) is 4.79 Å². The van der Waals surface area contributed by atoms with Crippen LogP contribution in [0.5, 0.6) is 5.75 Å². The molecule has 158 valence electrons. The smallest absolute Gasteiger partial charge is 0.264 e. The second kappa shape index (κ2) is 8.47. The lowest BCUT2D eigenvalue weighted by Crippen LogP contribution is -2.19. The van der Waals surface area contributed by atoms with Crippen LogP contribution in [0.25, 0.3) is 11.8 Å². The van der Waals surface area contributed by atoms with Crippen LogP contribution >= 0.6 is 11.8 Å². The predicted molar refractivity (Wildman–Crippen MR) is 129 cm³/mol. The predicted octanol–water partition coefficient (Wildman–Crippen LogP) is 5.61. The molecule has 1 saturated heterocycles. The van der Waals surface area contributed by atoms with Crippen LogP contribution < -0.4 is 10.1 Å². The number of amidine groups is 1. The van der Waals surface area contributed by atoms with Crippen molar-refractivity contribution < 1.29 is 9.53 Å². The maximum atomic E-state index is 12.5. The number of aromatic nitrogens is 1. The Labute approximate surface area is 186 Å². The van der Waals surface area contributed by atoms with Gasteiger partial charge in [0.1, 0.15) is 5.75 Å². The molecule has 1 aromatic heterocycles. The molecule has 1 amide bonds. The maximum Gasteiger partial charge on any atom is 0.264 e. The number of ether oxygens (including phenoxy) is 1. The average Bonchev–Trinajstić information content (AvgIpc) is 3.23. The Morgan fingerprint density at radius 3 is 2.42 bits per heavy atom. The van der Waals surface area contributed by atoms with E-state index in [1.54, 1.807) is 7.11 Å². The molecule has 0 aliphatic carbocycles. The van der Waals surface area contributed by atoms with Crippen LogP contribution in [0.1, 0.15) is 28.1 Å². The second-order valence-corrected chi connectivity index (χ2v) is 8.64. The Balaban J connectivity index is 1.62. The van der Waals surface area contributed by atoms with Crippen molar-refractivity contribution in [2.24, 2.45) is 4.99 Å². The van der Waals surface area contributed by atoms with Gasteiger partial charge in [-0.05, 0) is 105 Å². The minimum atomic E-state index is -0.131. The zero-order valence-electron chi connectivity index (χ0n) is 18.3. The molecule has 1 aliphatic rings. The second-order valence-electron chi connectivity index (χ2n) is 7.61. The number of thioether (sulfide) groups is 1. The van der Waals surface area contributed by atoms with Crippen molar-refractivity contribution in [2.75, 3.05) is 7.11 Å². The number of aryl methyl sites for hydroxylation is 3. The number of benzene rings is 2. The van der Waals surface area contributed by atoms with Crippen molar-refractivity contribution in [1.82, 2.24) is 9.88 Å². The third kappa shape index (κ3) is 4.30. The van der Waals surface area contributed by atoms with E-state index in [2.05, 4.69) is 66.8 Å². The minimum absolute atomic E-state index is 0.131. The SMILES string of the molecule is COc1ccc(N=C2NC(=O)/C(=C\c3cc(C)n(-c4ccc(C)c(C)c4)c3C)S2)cc1. The van der Waals surface area contributed by atoms with Crippen LogP contribution in [0.15, 0.2) is 58.4 Å². The highest BCUT2D eigenvalue weighted by Gasteiger charge is 2.24. The number of nitrogens with one attached hydrogen (secondary N) is 1. The third-order valence-corrected chi connectivity index (χ3v) is 6.37. The van der Waals surface area contributed by atoms with E-state index in [1.807, 2.05) is 30.3 Å². The molecule has 2 heterocycles. The third-order valence-electron chi connectivity index (χ3n) is 5.46. The largest absolute Gasteiger partial charge is 0.497 e. The van der Waals surface area contributed by atoms with Crippen LogP contribution in [-0.4, -0.2) is 22.8 Å². The molecule has 0 radical (unpaired) electrons. The molecule has 1 aliphatic heterocycles. The molecule has 0 spiro atoms. The molecule has 4 rings (SSSR count). The number of hydrogen-bond donors (Lipinski definition) is 1. The summed E-state index contributed by atoms with van der Waals surface area (Å²) in [6, 6.07) is 16.0. The van der Waals surface area contributed by atoms with Gasteiger partial charge in [-0.2, -0.15) is 0 Å². The summed E-state index contributed by atoms with van der Waals surface area (Å²) in [6.45, 7) is 8.41. The molecule has 3 aromatic rings. The van der Waals surface area contributed by atoms with Gasteiger partial charge in [-0.15, -0.1) is 0 Å². The van der Waals surface area contributed by atoms with E-state index in [0.29, 0.717) is 10.1 Å². The maximum absolute atomic E-state index is 12.5. The van der Waals surface area contributed by atoms with Gasteiger partial charge in [0, 0.05) is 17.1 Å². The van der Waals surface area contributed by atoms with Gasteiger partial charge in [-0.25, -0.2) is 4.99 Å². The average molecular weight is 432 g/mol. The fourth-order valence-corrected chi connectivity index (χ4v) is 4.42. The zero-order valence-corrected chi connectivity index (χ0v) is 19.1. The van der Waals surface area contributed by atoms with Crippen molar-refractivity contribution in [2.45, 2.75) is 27.7 Å². The lowest BCUT2D eigenvalue weighted by Gasteiger charge is -2.11. The molecular weight excluding hydrogens is 406 g/mol. The van der Waals surface area contributed by atoms with Crippen LogP contribution in [0.2, 0.25) is 0 Å². The Bertz CT molecular complexity index is 1220. The summed E-state index contributed by atoms with van der Waals surface area (Å²) in [4.78, 5) is 17.7. The summed E-state index contributed by atoms with van der Waals surface area (Å²) >= 11 is 1.35. The standard InChI is InChI=1S/C25H25N3O2S/c1-15-6-9-21(12-16(15)2)28-17(3)13-19(18(28)4)14-23-24(29)27-25(31-23)26-20-7-10-22(30-5)11-8-20/h6-14H,1-5H3,(H,26,27,29)/b23-14+. The van der Waals surface area contributed by atoms with Gasteiger partial charge in [0.2, 0.25) is 0 Å². The summed E-state index contributed by atoms with van der Waals surface area (Å²) in [5.74, 6) is 0.639. The lowest BCUT2D eigenvalue weighted by molar-refractivity contribution is -0.115. The van der Waals surface area contributed by atoms with Crippen molar-refractivity contribution in [1.29, 1.82) is 0 Å². The molecule has 0 atom stereocenters. The van der Waals surface area contributed by atoms with Crippen molar-refractivity contribution in [3.05, 3.63) is 81.5 Å². The van der Waals surface area contributed by atoms with Gasteiger partial charge in [-0.3, -0.25) is 4.79 Å². The summed E-state index contributed by atoms with van der Waals surface area (Å²) in [5.41, 5.74) is 7.68. The number of hydrogen-bond acceptors (Lipinski definition) is 4. The van der Waals surface area contributed by atoms with Crippen LogP contribution in [-0.2, 0) is 4.79 Å². The molecule has 1 fully saturated rings. The lowest BCUT2D eigenvalue weighted by atomic mass is 10.1. The van der Waals surface area contributed by atoms with E-state index in [4.69, 9.17) is 4.74 Å². The number of rotatable bonds is 4. The molecular formula is C25H25N3O2S. The topological polar surface area (TPSA) is 55.6 Å². The first-order chi connectivity index (χ1) is 14.9. The van der Waals surface area contributed by atoms with E-state index < -0.39 is 0 Å². The van der Waals surface area contributed by atoms with Crippen molar-refractivity contribution >= 4 is 34.6 Å². The molecule has 0 bridgehead atoms. The molecule has 31 heavy (non-hydrogen) atoms. The molecule has 2 aromatic carbocycles. The minimum Gasteiger partial charge on any atom is -0.497 e. The molecule has 0 unspecified atom stereocenters. The highest BCUT2D eigenvalue weighted by atomic mass is 32.2. The number of nitrogens with zero attached hydrogens (tertiary/aromatic N) is 2. The molecule has 0 saturated carbocycles. The Morgan fingerprint density at radius 1 is 1.00 bits per heavy atom. The first kappa shape index (κ1) is 21.0. The normalized spacial score (nSPS) is 16.2. The van der Waals surface area contributed by atoms with Crippen molar-refractivity contribution in [3.8, 4) is 11.4 Å². The summed E-state index contributed by atoms with van der Waals surface area (Å²) in [7, 11) is 1.63. The monoisotopic (exact) mass is 431 g/mol. The number of amides is 1. The molecule has 6 heteroatoms. The summed E-state index contributed by atoms with van der Waals surface area (Å²) in [6.07, 6.45) is 1.94. The van der Waals surface area contributed by atoms with Gasteiger partial charge in [0.15, 0.2) is 5.17 Å².